The molecular weight excluding hydrogens is 448 g/mol. The molecule has 0 saturated heterocycles. The third kappa shape index (κ3) is 5.74. The lowest BCUT2D eigenvalue weighted by molar-refractivity contribution is -0.122. The van der Waals surface area contributed by atoms with Gasteiger partial charge in [0.2, 0.25) is 15.9 Å². The number of halogens is 1. The maximum absolute atomic E-state index is 12.9. The molecular formula is C20H25ClN2O5S2. The van der Waals surface area contributed by atoms with Gasteiger partial charge < -0.3 is 5.32 Å². The summed E-state index contributed by atoms with van der Waals surface area (Å²) in [5.41, 5.74) is 1.68. The van der Waals surface area contributed by atoms with Crippen LogP contribution in [-0.2, 0) is 24.7 Å². The summed E-state index contributed by atoms with van der Waals surface area (Å²) in [6, 6.07) is 9.51. The van der Waals surface area contributed by atoms with Crippen LogP contribution in [0, 0.1) is 6.92 Å². The number of anilines is 1. The van der Waals surface area contributed by atoms with Gasteiger partial charge in [-0.05, 0) is 56.2 Å². The molecule has 0 radical (unpaired) electrons. The summed E-state index contributed by atoms with van der Waals surface area (Å²) in [7, 11) is -7.10. The second kappa shape index (κ2) is 8.95. The Hall–Kier alpha value is -2.10. The molecule has 0 aliphatic rings. The lowest BCUT2D eigenvalue weighted by atomic mass is 10.1. The standard InChI is InChI=1S/C20H25ClN2O5S2/c1-13-6-9-17(21)12-19(13)23(30(5,27)28)15(3)20(24)22-14(2)16-7-10-18(11-8-16)29(4,25)26/h6-12,14-15H,1-5H3,(H,22,24)/t14-,15+/m0/s1. The van der Waals surface area contributed by atoms with E-state index in [1.807, 2.05) is 0 Å². The van der Waals surface area contributed by atoms with Crippen LogP contribution >= 0.6 is 11.6 Å². The molecule has 0 aliphatic carbocycles. The number of carbonyl (C=O) groups is 1. The van der Waals surface area contributed by atoms with Crippen molar-refractivity contribution in [2.45, 2.75) is 37.8 Å². The van der Waals surface area contributed by atoms with Gasteiger partial charge in [-0.2, -0.15) is 0 Å². The molecule has 0 heterocycles. The van der Waals surface area contributed by atoms with E-state index in [-0.39, 0.29) is 4.90 Å². The number of sulfonamides is 1. The average molecular weight is 473 g/mol. The Morgan fingerprint density at radius 3 is 2.07 bits per heavy atom. The highest BCUT2D eigenvalue weighted by Gasteiger charge is 2.31. The summed E-state index contributed by atoms with van der Waals surface area (Å²) >= 11 is 6.04. The summed E-state index contributed by atoms with van der Waals surface area (Å²) in [6.07, 6.45) is 2.15. The number of carbonyl (C=O) groups excluding carboxylic acids is 1. The number of amides is 1. The summed E-state index contributed by atoms with van der Waals surface area (Å²) in [4.78, 5) is 13.0. The van der Waals surface area contributed by atoms with Crippen molar-refractivity contribution in [2.24, 2.45) is 0 Å². The topological polar surface area (TPSA) is 101 Å². The summed E-state index contributed by atoms with van der Waals surface area (Å²) in [6.45, 7) is 4.96. The minimum absolute atomic E-state index is 0.179. The van der Waals surface area contributed by atoms with Gasteiger partial charge in [-0.1, -0.05) is 29.8 Å². The highest BCUT2D eigenvalue weighted by molar-refractivity contribution is 7.92. The molecule has 0 aromatic heterocycles. The smallest absolute Gasteiger partial charge is 0.244 e. The number of nitrogens with zero attached hydrogens (tertiary/aromatic N) is 1. The molecule has 0 bridgehead atoms. The Morgan fingerprint density at radius 2 is 1.57 bits per heavy atom. The van der Waals surface area contributed by atoms with E-state index in [9.17, 15) is 21.6 Å². The molecule has 0 saturated carbocycles. The molecule has 2 aromatic carbocycles. The first-order valence-corrected chi connectivity index (χ1v) is 13.2. The number of rotatable bonds is 7. The minimum atomic E-state index is -3.78. The zero-order valence-corrected chi connectivity index (χ0v) is 19.8. The lowest BCUT2D eigenvalue weighted by Gasteiger charge is -2.30. The Balaban J connectivity index is 2.28. The van der Waals surface area contributed by atoms with Crippen LogP contribution in [-0.4, -0.2) is 41.3 Å². The van der Waals surface area contributed by atoms with Crippen molar-refractivity contribution in [2.75, 3.05) is 16.8 Å². The molecule has 10 heteroatoms. The van der Waals surface area contributed by atoms with Gasteiger partial charge >= 0.3 is 0 Å². The normalized spacial score (nSPS) is 14.1. The van der Waals surface area contributed by atoms with Gasteiger partial charge in [0.25, 0.3) is 0 Å². The van der Waals surface area contributed by atoms with E-state index >= 15 is 0 Å². The first-order valence-electron chi connectivity index (χ1n) is 9.07. The van der Waals surface area contributed by atoms with Crippen molar-refractivity contribution in [3.8, 4) is 0 Å². The number of hydrogen-bond donors (Lipinski definition) is 1. The van der Waals surface area contributed by atoms with Crippen molar-refractivity contribution < 1.29 is 21.6 Å². The van der Waals surface area contributed by atoms with Gasteiger partial charge in [0.1, 0.15) is 6.04 Å². The van der Waals surface area contributed by atoms with Gasteiger partial charge in [0.05, 0.1) is 22.9 Å². The van der Waals surface area contributed by atoms with E-state index in [1.165, 1.54) is 25.1 Å². The Labute approximate surface area is 183 Å². The summed E-state index contributed by atoms with van der Waals surface area (Å²) in [5.74, 6) is -0.500. The third-order valence-electron chi connectivity index (χ3n) is 4.66. The molecule has 7 nitrogen and oxygen atoms in total. The molecule has 30 heavy (non-hydrogen) atoms. The molecule has 0 unspecified atom stereocenters. The van der Waals surface area contributed by atoms with Crippen molar-refractivity contribution in [1.29, 1.82) is 0 Å². The predicted molar refractivity (Wildman–Crippen MR) is 119 cm³/mol. The van der Waals surface area contributed by atoms with Crippen molar-refractivity contribution in [3.05, 3.63) is 58.6 Å². The number of sulfone groups is 1. The van der Waals surface area contributed by atoms with E-state index in [4.69, 9.17) is 11.6 Å². The first-order chi connectivity index (χ1) is 13.7. The van der Waals surface area contributed by atoms with Gasteiger partial charge in [-0.25, -0.2) is 16.8 Å². The molecule has 1 amide bonds. The molecule has 2 rings (SSSR count). The number of benzene rings is 2. The third-order valence-corrected chi connectivity index (χ3v) is 7.26. The largest absolute Gasteiger partial charge is 0.348 e. The fraction of sp³-hybridized carbons (Fsp3) is 0.350. The van der Waals surface area contributed by atoms with Crippen LogP contribution in [0.5, 0.6) is 0 Å². The first kappa shape index (κ1) is 24.2. The molecule has 1 N–H and O–H groups in total. The number of aryl methyl sites for hydroxylation is 1. The van der Waals surface area contributed by atoms with Crippen LogP contribution in [0.15, 0.2) is 47.4 Å². The second-order valence-corrected chi connectivity index (χ2v) is 11.5. The predicted octanol–water partition coefficient (Wildman–Crippen LogP) is 3.08. The Kier molecular flexibility index (Phi) is 7.21. The van der Waals surface area contributed by atoms with Gasteiger partial charge in [0, 0.05) is 11.3 Å². The van der Waals surface area contributed by atoms with E-state index in [2.05, 4.69) is 5.32 Å². The van der Waals surface area contributed by atoms with E-state index in [0.29, 0.717) is 21.8 Å². The van der Waals surface area contributed by atoms with Crippen LogP contribution in [0.1, 0.15) is 31.0 Å². The summed E-state index contributed by atoms with van der Waals surface area (Å²) in [5, 5.41) is 3.14. The minimum Gasteiger partial charge on any atom is -0.348 e. The van der Waals surface area contributed by atoms with E-state index < -0.39 is 37.9 Å². The van der Waals surface area contributed by atoms with Crippen molar-refractivity contribution in [3.63, 3.8) is 0 Å². The molecule has 0 aliphatic heterocycles. The monoisotopic (exact) mass is 472 g/mol. The maximum Gasteiger partial charge on any atom is 0.244 e. The molecule has 0 fully saturated rings. The van der Waals surface area contributed by atoms with Gasteiger partial charge in [-0.3, -0.25) is 9.10 Å². The molecule has 2 atom stereocenters. The molecule has 164 valence electrons. The number of nitrogens with one attached hydrogen (secondary N) is 1. The van der Waals surface area contributed by atoms with Gasteiger partial charge in [0.15, 0.2) is 9.84 Å². The lowest BCUT2D eigenvalue weighted by Crippen LogP contribution is -2.48. The maximum atomic E-state index is 12.9. The Morgan fingerprint density at radius 1 is 1.00 bits per heavy atom. The Bertz CT molecular complexity index is 1150. The second-order valence-electron chi connectivity index (χ2n) is 7.24. The quantitative estimate of drug-likeness (QED) is 0.667. The van der Waals surface area contributed by atoms with E-state index in [0.717, 1.165) is 16.8 Å². The fourth-order valence-electron chi connectivity index (χ4n) is 3.02. The highest BCUT2D eigenvalue weighted by atomic mass is 35.5. The SMILES string of the molecule is Cc1ccc(Cl)cc1N([C@H](C)C(=O)N[C@@H](C)c1ccc(S(C)(=O)=O)cc1)S(C)(=O)=O. The zero-order valence-electron chi connectivity index (χ0n) is 17.4. The van der Waals surface area contributed by atoms with Crippen LogP contribution in [0.25, 0.3) is 0 Å². The van der Waals surface area contributed by atoms with Crippen molar-refractivity contribution >= 4 is 43.1 Å². The number of hydrogen-bond acceptors (Lipinski definition) is 5. The highest BCUT2D eigenvalue weighted by Crippen LogP contribution is 2.28. The molecule has 2 aromatic rings. The van der Waals surface area contributed by atoms with E-state index in [1.54, 1.807) is 38.1 Å². The summed E-state index contributed by atoms with van der Waals surface area (Å²) < 4.78 is 49.2. The van der Waals surface area contributed by atoms with Crippen molar-refractivity contribution in [1.82, 2.24) is 5.32 Å². The van der Waals surface area contributed by atoms with Crippen LogP contribution < -0.4 is 9.62 Å². The average Bonchev–Trinajstić information content (AvgIpc) is 2.62. The van der Waals surface area contributed by atoms with Crippen LogP contribution in [0.3, 0.4) is 0 Å². The zero-order chi connectivity index (χ0) is 22.9. The molecule has 0 spiro atoms. The fourth-order valence-corrected chi connectivity index (χ4v) is 5.04. The van der Waals surface area contributed by atoms with Crippen LogP contribution in [0.2, 0.25) is 5.02 Å². The van der Waals surface area contributed by atoms with Gasteiger partial charge in [-0.15, -0.1) is 0 Å². The van der Waals surface area contributed by atoms with Crippen LogP contribution in [0.4, 0.5) is 5.69 Å².